The number of methoxy groups -OCH3 is 1. The molecule has 0 fully saturated rings. The number of ketones is 1. The second-order valence-electron chi connectivity index (χ2n) is 4.04. The molecular formula is C15H18O6. The van der Waals surface area contributed by atoms with Crippen LogP contribution in [0.15, 0.2) is 24.3 Å². The predicted molar refractivity (Wildman–Crippen MR) is 74.0 cm³/mol. The molecule has 0 bridgehead atoms. The Morgan fingerprint density at radius 2 is 1.57 bits per heavy atom. The molecule has 0 spiro atoms. The second kappa shape index (κ2) is 8.04. The van der Waals surface area contributed by atoms with Gasteiger partial charge in [0.15, 0.2) is 5.92 Å². The maximum Gasteiger partial charge on any atom is 0.375 e. The summed E-state index contributed by atoms with van der Waals surface area (Å²) in [7, 11) is 1.50. The summed E-state index contributed by atoms with van der Waals surface area (Å²) in [5.74, 6) is -3.52. The van der Waals surface area contributed by atoms with E-state index in [0.29, 0.717) is 11.3 Å². The average molecular weight is 294 g/mol. The zero-order valence-corrected chi connectivity index (χ0v) is 12.3. The highest BCUT2D eigenvalue weighted by molar-refractivity contribution is 6.39. The van der Waals surface area contributed by atoms with Crippen molar-refractivity contribution in [2.24, 2.45) is 0 Å². The summed E-state index contributed by atoms with van der Waals surface area (Å²) in [5, 5.41) is 0. The summed E-state index contributed by atoms with van der Waals surface area (Å²) >= 11 is 0. The molecule has 6 heteroatoms. The predicted octanol–water partition coefficient (Wildman–Crippen LogP) is 1.47. The van der Waals surface area contributed by atoms with Crippen LogP contribution in [-0.4, -0.2) is 38.0 Å². The number of rotatable bonds is 7. The SMILES string of the molecule is CCOC(=O)C(=O)C(C(=O)OCC)c1ccc(OC)cc1. The van der Waals surface area contributed by atoms with Crippen LogP contribution in [0, 0.1) is 0 Å². The van der Waals surface area contributed by atoms with E-state index in [2.05, 4.69) is 4.74 Å². The zero-order chi connectivity index (χ0) is 15.8. The van der Waals surface area contributed by atoms with Gasteiger partial charge in [0.25, 0.3) is 5.78 Å². The Bertz CT molecular complexity index is 505. The Labute approximate surface area is 123 Å². The third-order valence-electron chi connectivity index (χ3n) is 2.71. The smallest absolute Gasteiger partial charge is 0.375 e. The standard InChI is InChI=1S/C15H18O6/c1-4-20-14(17)12(13(16)15(18)21-5-2)10-6-8-11(19-3)9-7-10/h6-9,12H,4-5H2,1-3H3. The quantitative estimate of drug-likeness (QED) is 0.430. The number of hydrogen-bond acceptors (Lipinski definition) is 6. The molecule has 0 N–H and O–H groups in total. The number of carbonyl (C=O) groups excluding carboxylic acids is 3. The van der Waals surface area contributed by atoms with Gasteiger partial charge in [-0.25, -0.2) is 4.79 Å². The van der Waals surface area contributed by atoms with E-state index in [9.17, 15) is 14.4 Å². The third-order valence-corrected chi connectivity index (χ3v) is 2.71. The average Bonchev–Trinajstić information content (AvgIpc) is 2.48. The Morgan fingerprint density at radius 1 is 1.00 bits per heavy atom. The van der Waals surface area contributed by atoms with Crippen molar-refractivity contribution in [3.63, 3.8) is 0 Å². The van der Waals surface area contributed by atoms with Gasteiger partial charge < -0.3 is 14.2 Å². The van der Waals surface area contributed by atoms with Gasteiger partial charge in [0.1, 0.15) is 5.75 Å². The first-order valence-electron chi connectivity index (χ1n) is 6.56. The van der Waals surface area contributed by atoms with Crippen LogP contribution in [0.1, 0.15) is 25.3 Å². The second-order valence-corrected chi connectivity index (χ2v) is 4.04. The molecule has 0 aromatic heterocycles. The highest BCUT2D eigenvalue weighted by Crippen LogP contribution is 2.22. The van der Waals surface area contributed by atoms with Crippen LogP contribution in [0.3, 0.4) is 0 Å². The number of hydrogen-bond donors (Lipinski definition) is 0. The van der Waals surface area contributed by atoms with Crippen LogP contribution in [0.25, 0.3) is 0 Å². The normalized spacial score (nSPS) is 11.4. The summed E-state index contributed by atoms with van der Waals surface area (Å²) in [6, 6.07) is 6.27. The van der Waals surface area contributed by atoms with E-state index in [1.165, 1.54) is 19.2 Å². The van der Waals surface area contributed by atoms with Crippen LogP contribution >= 0.6 is 0 Å². The van der Waals surface area contributed by atoms with Crippen molar-refractivity contribution < 1.29 is 28.6 Å². The number of carbonyl (C=O) groups is 3. The van der Waals surface area contributed by atoms with Crippen LogP contribution in [-0.2, 0) is 23.9 Å². The summed E-state index contributed by atoms with van der Waals surface area (Å²) in [5.41, 5.74) is 0.354. The van der Waals surface area contributed by atoms with Gasteiger partial charge in [-0.15, -0.1) is 0 Å². The molecule has 1 atom stereocenters. The molecule has 0 saturated carbocycles. The van der Waals surface area contributed by atoms with E-state index >= 15 is 0 Å². The van der Waals surface area contributed by atoms with Gasteiger partial charge in [0.2, 0.25) is 0 Å². The van der Waals surface area contributed by atoms with E-state index in [1.807, 2.05) is 0 Å². The number of Topliss-reactive ketones (excluding diaryl/α,β-unsaturated/α-hetero) is 1. The largest absolute Gasteiger partial charge is 0.497 e. The molecule has 1 aromatic carbocycles. The minimum Gasteiger partial charge on any atom is -0.497 e. The van der Waals surface area contributed by atoms with Gasteiger partial charge in [0, 0.05) is 0 Å². The van der Waals surface area contributed by atoms with E-state index in [0.717, 1.165) is 0 Å². The Kier molecular flexibility index (Phi) is 6.39. The van der Waals surface area contributed by atoms with Crippen molar-refractivity contribution in [3.8, 4) is 5.75 Å². The van der Waals surface area contributed by atoms with E-state index < -0.39 is 23.6 Å². The summed E-state index contributed by atoms with van der Waals surface area (Å²) < 4.78 is 14.5. The Hall–Kier alpha value is -2.37. The molecule has 0 heterocycles. The van der Waals surface area contributed by atoms with E-state index in [1.54, 1.807) is 26.0 Å². The first-order chi connectivity index (χ1) is 10.0. The molecule has 0 saturated heterocycles. The first kappa shape index (κ1) is 16.7. The number of ether oxygens (including phenoxy) is 3. The first-order valence-corrected chi connectivity index (χ1v) is 6.56. The minimum absolute atomic E-state index is 0.0583. The highest BCUT2D eigenvalue weighted by atomic mass is 16.5. The topological polar surface area (TPSA) is 78.9 Å². The fraction of sp³-hybridized carbons (Fsp3) is 0.400. The highest BCUT2D eigenvalue weighted by Gasteiger charge is 2.35. The lowest BCUT2D eigenvalue weighted by molar-refractivity contribution is -0.159. The molecule has 21 heavy (non-hydrogen) atoms. The summed E-state index contributed by atoms with van der Waals surface area (Å²) in [6.45, 7) is 3.38. The summed E-state index contributed by atoms with van der Waals surface area (Å²) in [4.78, 5) is 35.6. The molecule has 0 aliphatic heterocycles. The lowest BCUT2D eigenvalue weighted by atomic mass is 9.94. The van der Waals surface area contributed by atoms with Crippen molar-refractivity contribution in [1.82, 2.24) is 0 Å². The lowest BCUT2D eigenvalue weighted by Crippen LogP contribution is -2.31. The summed E-state index contributed by atoms with van der Waals surface area (Å²) in [6.07, 6.45) is 0. The maximum atomic E-state index is 12.1. The molecular weight excluding hydrogens is 276 g/mol. The molecule has 0 aliphatic rings. The molecule has 0 radical (unpaired) electrons. The Morgan fingerprint density at radius 3 is 2.05 bits per heavy atom. The van der Waals surface area contributed by atoms with Crippen molar-refractivity contribution in [3.05, 3.63) is 29.8 Å². The van der Waals surface area contributed by atoms with Gasteiger partial charge in [-0.05, 0) is 31.5 Å². The molecule has 114 valence electrons. The van der Waals surface area contributed by atoms with Crippen molar-refractivity contribution in [1.29, 1.82) is 0 Å². The number of benzene rings is 1. The monoisotopic (exact) mass is 294 g/mol. The van der Waals surface area contributed by atoms with E-state index in [4.69, 9.17) is 9.47 Å². The van der Waals surface area contributed by atoms with Crippen LogP contribution in [0.2, 0.25) is 0 Å². The maximum absolute atomic E-state index is 12.1. The zero-order valence-electron chi connectivity index (χ0n) is 12.3. The number of esters is 2. The fourth-order valence-electron chi connectivity index (χ4n) is 1.74. The lowest BCUT2D eigenvalue weighted by Gasteiger charge is -2.14. The fourth-order valence-corrected chi connectivity index (χ4v) is 1.74. The molecule has 0 aliphatic carbocycles. The van der Waals surface area contributed by atoms with Crippen LogP contribution in [0.4, 0.5) is 0 Å². The minimum atomic E-state index is -1.32. The van der Waals surface area contributed by atoms with Crippen LogP contribution in [0.5, 0.6) is 5.75 Å². The molecule has 6 nitrogen and oxygen atoms in total. The molecule has 1 aromatic rings. The van der Waals surface area contributed by atoms with Crippen molar-refractivity contribution in [2.45, 2.75) is 19.8 Å². The molecule has 1 unspecified atom stereocenters. The van der Waals surface area contributed by atoms with Gasteiger partial charge in [-0.1, -0.05) is 12.1 Å². The van der Waals surface area contributed by atoms with Gasteiger partial charge in [-0.3, -0.25) is 9.59 Å². The van der Waals surface area contributed by atoms with Crippen molar-refractivity contribution in [2.75, 3.05) is 20.3 Å². The van der Waals surface area contributed by atoms with Gasteiger partial charge in [-0.2, -0.15) is 0 Å². The van der Waals surface area contributed by atoms with Crippen LogP contribution < -0.4 is 4.74 Å². The van der Waals surface area contributed by atoms with Gasteiger partial charge in [0.05, 0.1) is 20.3 Å². The molecule has 0 amide bonds. The Balaban J connectivity index is 3.08. The van der Waals surface area contributed by atoms with Crippen molar-refractivity contribution >= 4 is 17.7 Å². The van der Waals surface area contributed by atoms with Gasteiger partial charge >= 0.3 is 11.9 Å². The van der Waals surface area contributed by atoms with E-state index in [-0.39, 0.29) is 13.2 Å². The molecule has 1 rings (SSSR count). The third kappa shape index (κ3) is 4.30.